The number of aliphatic hydroxyl groups excluding tert-OH is 1. The van der Waals surface area contributed by atoms with Crippen molar-refractivity contribution in [2.24, 2.45) is 0 Å². The number of nitrogens with one attached hydrogen (secondary N) is 1. The Hall–Kier alpha value is -1.07. The van der Waals surface area contributed by atoms with Crippen LogP contribution in [0.2, 0.25) is 5.02 Å². The van der Waals surface area contributed by atoms with E-state index in [1.165, 1.54) is 5.56 Å². The van der Waals surface area contributed by atoms with Crippen LogP contribution in [0, 0.1) is 0 Å². The van der Waals surface area contributed by atoms with E-state index in [9.17, 15) is 5.11 Å². The third-order valence-corrected chi connectivity index (χ3v) is 3.66. The molecule has 0 aliphatic rings. The van der Waals surface area contributed by atoms with E-state index in [1.54, 1.807) is 24.3 Å². The lowest BCUT2D eigenvalue weighted by Crippen LogP contribution is -2.31. The highest BCUT2D eigenvalue weighted by molar-refractivity contribution is 9.10. The summed E-state index contributed by atoms with van der Waals surface area (Å²) in [6.07, 6.45) is -0.559. The fourth-order valence-electron chi connectivity index (χ4n) is 1.77. The Morgan fingerprint density at radius 2 is 1.76 bits per heavy atom. The van der Waals surface area contributed by atoms with Gasteiger partial charge < -0.3 is 15.2 Å². The normalized spacial score (nSPS) is 12.1. The third-order valence-electron chi connectivity index (χ3n) is 2.88. The van der Waals surface area contributed by atoms with Crippen LogP contribution in [0.1, 0.15) is 5.56 Å². The summed E-state index contributed by atoms with van der Waals surface area (Å²) in [7, 11) is 0. The topological polar surface area (TPSA) is 41.5 Å². The Balaban J connectivity index is 1.66. The van der Waals surface area contributed by atoms with Gasteiger partial charge in [-0.05, 0) is 42.0 Å². The Kier molecular flexibility index (Phi) is 6.51. The first-order valence-corrected chi connectivity index (χ1v) is 7.82. The third kappa shape index (κ3) is 6.06. The first-order chi connectivity index (χ1) is 10.1. The van der Waals surface area contributed by atoms with Crippen LogP contribution in [-0.4, -0.2) is 24.4 Å². The van der Waals surface area contributed by atoms with Crippen molar-refractivity contribution in [3.05, 3.63) is 63.6 Å². The van der Waals surface area contributed by atoms with Crippen molar-refractivity contribution in [3.8, 4) is 5.75 Å². The number of halogens is 2. The van der Waals surface area contributed by atoms with Gasteiger partial charge in [0.15, 0.2) is 0 Å². The summed E-state index contributed by atoms with van der Waals surface area (Å²) in [5.41, 5.74) is 1.17. The maximum absolute atomic E-state index is 9.87. The van der Waals surface area contributed by atoms with Gasteiger partial charge in [-0.3, -0.25) is 0 Å². The maximum Gasteiger partial charge on any atom is 0.119 e. The molecule has 0 aliphatic heterocycles. The maximum atomic E-state index is 9.87. The van der Waals surface area contributed by atoms with E-state index >= 15 is 0 Å². The Morgan fingerprint density at radius 1 is 1.10 bits per heavy atom. The van der Waals surface area contributed by atoms with Crippen LogP contribution in [0.25, 0.3) is 0 Å². The van der Waals surface area contributed by atoms with Gasteiger partial charge >= 0.3 is 0 Å². The van der Waals surface area contributed by atoms with Crippen LogP contribution in [0.15, 0.2) is 53.0 Å². The number of benzene rings is 2. The summed E-state index contributed by atoms with van der Waals surface area (Å²) in [5, 5.41) is 13.7. The summed E-state index contributed by atoms with van der Waals surface area (Å²) >= 11 is 9.19. The van der Waals surface area contributed by atoms with Gasteiger partial charge in [-0.25, -0.2) is 0 Å². The van der Waals surface area contributed by atoms with Crippen molar-refractivity contribution in [1.29, 1.82) is 0 Å². The first kappa shape index (κ1) is 16.3. The second-order valence-corrected chi connectivity index (χ2v) is 6.03. The molecule has 0 aliphatic carbocycles. The predicted octanol–water partition coefficient (Wildman–Crippen LogP) is 3.63. The molecule has 0 bridgehead atoms. The van der Waals surface area contributed by atoms with E-state index in [0.29, 0.717) is 23.9 Å². The van der Waals surface area contributed by atoms with Crippen LogP contribution >= 0.6 is 27.5 Å². The minimum atomic E-state index is -0.559. The fourth-order valence-corrected chi connectivity index (χ4v) is 2.16. The first-order valence-electron chi connectivity index (χ1n) is 6.65. The molecule has 0 amide bonds. The number of ether oxygens (including phenoxy) is 1. The predicted molar refractivity (Wildman–Crippen MR) is 88.8 cm³/mol. The highest BCUT2D eigenvalue weighted by atomic mass is 79.9. The van der Waals surface area contributed by atoms with E-state index in [-0.39, 0.29) is 6.61 Å². The van der Waals surface area contributed by atoms with Gasteiger partial charge in [0.2, 0.25) is 0 Å². The van der Waals surface area contributed by atoms with Crippen LogP contribution in [0.3, 0.4) is 0 Å². The highest BCUT2D eigenvalue weighted by Gasteiger charge is 2.05. The van der Waals surface area contributed by atoms with Crippen LogP contribution in [-0.2, 0) is 6.54 Å². The van der Waals surface area contributed by atoms with Crippen LogP contribution < -0.4 is 10.1 Å². The fraction of sp³-hybridized carbons (Fsp3) is 0.250. The largest absolute Gasteiger partial charge is 0.491 e. The number of rotatable bonds is 7. The molecular weight excluding hydrogens is 354 g/mol. The molecule has 112 valence electrons. The van der Waals surface area contributed by atoms with E-state index < -0.39 is 6.10 Å². The SMILES string of the molecule is OC(CNCc1ccc(Br)cc1)COc1ccc(Cl)cc1. The lowest BCUT2D eigenvalue weighted by Gasteiger charge is -2.13. The number of hydrogen-bond donors (Lipinski definition) is 2. The van der Waals surface area contributed by atoms with Gasteiger partial charge in [0.1, 0.15) is 18.5 Å². The second-order valence-electron chi connectivity index (χ2n) is 4.68. The molecule has 3 nitrogen and oxygen atoms in total. The van der Waals surface area contributed by atoms with Crippen molar-refractivity contribution in [3.63, 3.8) is 0 Å². The van der Waals surface area contributed by atoms with Crippen LogP contribution in [0.5, 0.6) is 5.75 Å². The standard InChI is InChI=1S/C16H17BrClNO2/c17-13-3-1-12(2-4-13)9-19-10-15(20)11-21-16-7-5-14(18)6-8-16/h1-8,15,19-20H,9-11H2. The molecule has 0 radical (unpaired) electrons. The van der Waals surface area contributed by atoms with Gasteiger partial charge in [-0.1, -0.05) is 39.7 Å². The molecular formula is C16H17BrClNO2. The minimum absolute atomic E-state index is 0.245. The second kappa shape index (κ2) is 8.39. The summed E-state index contributed by atoms with van der Waals surface area (Å²) < 4.78 is 6.54. The molecule has 1 unspecified atom stereocenters. The molecule has 1 atom stereocenters. The van der Waals surface area contributed by atoms with Gasteiger partial charge in [-0.15, -0.1) is 0 Å². The number of aliphatic hydroxyl groups is 1. The van der Waals surface area contributed by atoms with Crippen molar-refractivity contribution >= 4 is 27.5 Å². The van der Waals surface area contributed by atoms with E-state index in [1.807, 2.05) is 24.3 Å². The Labute approximate surface area is 138 Å². The van der Waals surface area contributed by atoms with Gasteiger partial charge in [0.05, 0.1) is 0 Å². The number of hydrogen-bond acceptors (Lipinski definition) is 3. The molecule has 2 N–H and O–H groups in total. The van der Waals surface area contributed by atoms with Gasteiger partial charge in [-0.2, -0.15) is 0 Å². The van der Waals surface area contributed by atoms with Gasteiger partial charge in [0, 0.05) is 22.6 Å². The molecule has 0 aromatic heterocycles. The molecule has 2 aromatic rings. The summed E-state index contributed by atoms with van der Waals surface area (Å²) in [6, 6.07) is 15.1. The molecule has 0 heterocycles. The lowest BCUT2D eigenvalue weighted by molar-refractivity contribution is 0.106. The minimum Gasteiger partial charge on any atom is -0.491 e. The molecule has 2 rings (SSSR count). The highest BCUT2D eigenvalue weighted by Crippen LogP contribution is 2.15. The molecule has 0 saturated heterocycles. The Morgan fingerprint density at radius 3 is 2.43 bits per heavy atom. The van der Waals surface area contributed by atoms with E-state index in [4.69, 9.17) is 16.3 Å². The van der Waals surface area contributed by atoms with Crippen molar-refractivity contribution < 1.29 is 9.84 Å². The smallest absolute Gasteiger partial charge is 0.119 e. The van der Waals surface area contributed by atoms with Crippen molar-refractivity contribution in [2.45, 2.75) is 12.6 Å². The van der Waals surface area contributed by atoms with Crippen molar-refractivity contribution in [2.75, 3.05) is 13.2 Å². The molecule has 0 spiro atoms. The summed E-state index contributed by atoms with van der Waals surface area (Å²) in [4.78, 5) is 0. The molecule has 21 heavy (non-hydrogen) atoms. The summed E-state index contributed by atoms with van der Waals surface area (Å²) in [5.74, 6) is 0.700. The summed E-state index contributed by atoms with van der Waals surface area (Å²) in [6.45, 7) is 1.43. The van der Waals surface area contributed by atoms with Gasteiger partial charge in [0.25, 0.3) is 0 Å². The molecule has 0 saturated carbocycles. The monoisotopic (exact) mass is 369 g/mol. The molecule has 5 heteroatoms. The lowest BCUT2D eigenvalue weighted by atomic mass is 10.2. The molecule has 0 fully saturated rings. The zero-order valence-corrected chi connectivity index (χ0v) is 13.8. The average Bonchev–Trinajstić information content (AvgIpc) is 2.49. The van der Waals surface area contributed by atoms with Crippen LogP contribution in [0.4, 0.5) is 0 Å². The quantitative estimate of drug-likeness (QED) is 0.782. The molecule has 2 aromatic carbocycles. The van der Waals surface area contributed by atoms with E-state index in [2.05, 4.69) is 21.2 Å². The zero-order valence-electron chi connectivity index (χ0n) is 11.4. The Bertz CT molecular complexity index is 545. The van der Waals surface area contributed by atoms with Crippen molar-refractivity contribution in [1.82, 2.24) is 5.32 Å². The average molecular weight is 371 g/mol. The zero-order chi connectivity index (χ0) is 15.1. The van der Waals surface area contributed by atoms with E-state index in [0.717, 1.165) is 4.47 Å².